The van der Waals surface area contributed by atoms with E-state index in [1.165, 1.54) is 33.4 Å². The summed E-state index contributed by atoms with van der Waals surface area (Å²) in [5.74, 6) is 0. The topological polar surface area (TPSA) is 3.24 Å². The van der Waals surface area contributed by atoms with Gasteiger partial charge in [0.05, 0.1) is 0 Å². The zero-order valence-corrected chi connectivity index (χ0v) is 20.2. The number of hydrogen-bond donors (Lipinski definition) is 0. The zero-order chi connectivity index (χ0) is 24.0. The summed E-state index contributed by atoms with van der Waals surface area (Å²) in [5.41, 5.74) is 10.7. The predicted molar refractivity (Wildman–Crippen MR) is 150 cm³/mol. The third kappa shape index (κ3) is 5.26. The fraction of sp³-hybridized carbons (Fsp3) is 0.0588. The van der Waals surface area contributed by atoms with Crippen molar-refractivity contribution in [3.8, 4) is 0 Å². The van der Waals surface area contributed by atoms with E-state index < -0.39 is 0 Å². The maximum atomic E-state index is 2.31. The quantitative estimate of drug-likeness (QED) is 0.232. The molecule has 0 fully saturated rings. The van der Waals surface area contributed by atoms with E-state index >= 15 is 0 Å². The highest BCUT2D eigenvalue weighted by Gasteiger charge is 2.13. The third-order valence-corrected chi connectivity index (χ3v) is 6.22. The fourth-order valence-electron chi connectivity index (χ4n) is 4.29. The van der Waals surface area contributed by atoms with Gasteiger partial charge < -0.3 is 4.90 Å². The average molecular weight is 452 g/mol. The van der Waals surface area contributed by atoms with Gasteiger partial charge in [-0.1, -0.05) is 108 Å². The Morgan fingerprint density at radius 2 is 0.857 bits per heavy atom. The van der Waals surface area contributed by atoms with Crippen LogP contribution in [0.1, 0.15) is 27.8 Å². The molecule has 0 bridgehead atoms. The van der Waals surface area contributed by atoms with Gasteiger partial charge in [0, 0.05) is 17.1 Å². The normalized spacial score (nSPS) is 11.3. The maximum Gasteiger partial charge on any atom is 0.0462 e. The van der Waals surface area contributed by atoms with E-state index in [4.69, 9.17) is 0 Å². The third-order valence-electron chi connectivity index (χ3n) is 6.22. The minimum atomic E-state index is 1.13. The standard InChI is InChI=1S/C34H29N/c1-26-13-19-31(20-14-26)35(32-21-15-27(2)16-22-32)33-23-17-30(18-24-33)34(29-11-7-4-8-12-29)25-28-9-5-3-6-10-28/h3-25H,1-2H3/b34-25+. The van der Waals surface area contributed by atoms with Crippen molar-refractivity contribution in [2.24, 2.45) is 0 Å². The molecule has 5 rings (SSSR count). The molecule has 5 aromatic carbocycles. The second-order valence-electron chi connectivity index (χ2n) is 8.89. The summed E-state index contributed by atoms with van der Waals surface area (Å²) in [7, 11) is 0. The van der Waals surface area contributed by atoms with Gasteiger partial charge >= 0.3 is 0 Å². The summed E-state index contributed by atoms with van der Waals surface area (Å²) >= 11 is 0. The molecule has 0 aromatic heterocycles. The molecule has 0 heterocycles. The molecule has 0 atom stereocenters. The van der Waals surface area contributed by atoms with Crippen LogP contribution in [0.3, 0.4) is 0 Å². The molecule has 0 saturated heterocycles. The zero-order valence-electron chi connectivity index (χ0n) is 20.2. The van der Waals surface area contributed by atoms with E-state index in [1.54, 1.807) is 0 Å². The Bertz CT molecular complexity index is 1350. The van der Waals surface area contributed by atoms with Crippen molar-refractivity contribution in [3.05, 3.63) is 161 Å². The Balaban J connectivity index is 1.57. The van der Waals surface area contributed by atoms with Crippen LogP contribution < -0.4 is 4.90 Å². The predicted octanol–water partition coefficient (Wildman–Crippen LogP) is 9.36. The molecule has 35 heavy (non-hydrogen) atoms. The Morgan fingerprint density at radius 3 is 1.34 bits per heavy atom. The summed E-state index contributed by atoms with van der Waals surface area (Å²) in [6.07, 6.45) is 2.27. The van der Waals surface area contributed by atoms with Gasteiger partial charge in [0.1, 0.15) is 0 Å². The van der Waals surface area contributed by atoms with Crippen LogP contribution in [-0.2, 0) is 0 Å². The highest BCUT2D eigenvalue weighted by Crippen LogP contribution is 2.36. The van der Waals surface area contributed by atoms with Crippen molar-refractivity contribution in [2.45, 2.75) is 13.8 Å². The van der Waals surface area contributed by atoms with Gasteiger partial charge in [0.25, 0.3) is 0 Å². The first kappa shape index (κ1) is 22.4. The summed E-state index contributed by atoms with van der Waals surface area (Å²) in [6.45, 7) is 4.25. The average Bonchev–Trinajstić information content (AvgIpc) is 2.91. The molecule has 0 aliphatic carbocycles. The first-order valence-electron chi connectivity index (χ1n) is 12.0. The second-order valence-corrected chi connectivity index (χ2v) is 8.89. The van der Waals surface area contributed by atoms with Crippen LogP contribution in [0.2, 0.25) is 0 Å². The van der Waals surface area contributed by atoms with Crippen LogP contribution in [0, 0.1) is 13.8 Å². The smallest absolute Gasteiger partial charge is 0.0462 e. The van der Waals surface area contributed by atoms with Gasteiger partial charge in [-0.2, -0.15) is 0 Å². The molecule has 5 aromatic rings. The molecule has 0 aliphatic heterocycles. The first-order chi connectivity index (χ1) is 17.2. The molecule has 0 N–H and O–H groups in total. The van der Waals surface area contributed by atoms with E-state index in [2.05, 4.69) is 158 Å². The Labute approximate surface area is 208 Å². The SMILES string of the molecule is Cc1ccc(N(c2ccc(C)cc2)c2ccc(/C(=C/c3ccccc3)c3ccccc3)cc2)cc1. The number of hydrogen-bond acceptors (Lipinski definition) is 1. The van der Waals surface area contributed by atoms with Crippen molar-refractivity contribution >= 4 is 28.7 Å². The molecule has 0 spiro atoms. The summed E-state index contributed by atoms with van der Waals surface area (Å²) in [4.78, 5) is 2.31. The number of anilines is 3. The molecule has 0 unspecified atom stereocenters. The first-order valence-corrected chi connectivity index (χ1v) is 12.0. The Kier molecular flexibility index (Phi) is 6.59. The van der Waals surface area contributed by atoms with Gasteiger partial charge in [-0.25, -0.2) is 0 Å². The summed E-state index contributed by atoms with van der Waals surface area (Å²) < 4.78 is 0. The lowest BCUT2D eigenvalue weighted by Gasteiger charge is -2.26. The van der Waals surface area contributed by atoms with Crippen LogP contribution >= 0.6 is 0 Å². The van der Waals surface area contributed by atoms with Gasteiger partial charge in [-0.05, 0) is 78.6 Å². The van der Waals surface area contributed by atoms with Crippen LogP contribution in [0.25, 0.3) is 11.6 Å². The molecule has 0 saturated carbocycles. The van der Waals surface area contributed by atoms with Crippen LogP contribution in [-0.4, -0.2) is 0 Å². The van der Waals surface area contributed by atoms with Gasteiger partial charge in [-0.3, -0.25) is 0 Å². The Morgan fingerprint density at radius 1 is 0.457 bits per heavy atom. The molecule has 1 heteroatoms. The van der Waals surface area contributed by atoms with E-state index in [0.717, 1.165) is 17.1 Å². The highest BCUT2D eigenvalue weighted by atomic mass is 15.1. The van der Waals surface area contributed by atoms with Crippen molar-refractivity contribution in [1.29, 1.82) is 0 Å². The molecular weight excluding hydrogens is 422 g/mol. The minimum Gasteiger partial charge on any atom is -0.311 e. The van der Waals surface area contributed by atoms with Crippen molar-refractivity contribution < 1.29 is 0 Å². The molecule has 0 aliphatic rings. The molecule has 0 amide bonds. The summed E-state index contributed by atoms with van der Waals surface area (Å²) in [5, 5.41) is 0. The van der Waals surface area contributed by atoms with Gasteiger partial charge in [0.2, 0.25) is 0 Å². The van der Waals surface area contributed by atoms with E-state index in [9.17, 15) is 0 Å². The lowest BCUT2D eigenvalue weighted by molar-refractivity contribution is 1.27. The second kappa shape index (κ2) is 10.3. The highest BCUT2D eigenvalue weighted by molar-refractivity contribution is 5.92. The number of aryl methyl sites for hydroxylation is 2. The molecular formula is C34H29N. The van der Waals surface area contributed by atoms with Crippen LogP contribution in [0.15, 0.2) is 133 Å². The van der Waals surface area contributed by atoms with Crippen molar-refractivity contribution in [3.63, 3.8) is 0 Å². The van der Waals surface area contributed by atoms with Crippen LogP contribution in [0.5, 0.6) is 0 Å². The van der Waals surface area contributed by atoms with Gasteiger partial charge in [-0.15, -0.1) is 0 Å². The van der Waals surface area contributed by atoms with Gasteiger partial charge in [0.15, 0.2) is 0 Å². The van der Waals surface area contributed by atoms with Crippen molar-refractivity contribution in [1.82, 2.24) is 0 Å². The molecule has 1 nitrogen and oxygen atoms in total. The number of nitrogens with zero attached hydrogens (tertiary/aromatic N) is 1. The lowest BCUT2D eigenvalue weighted by atomic mass is 9.95. The molecule has 0 radical (unpaired) electrons. The van der Waals surface area contributed by atoms with Crippen molar-refractivity contribution in [2.75, 3.05) is 4.90 Å². The minimum absolute atomic E-state index is 1.13. The maximum absolute atomic E-state index is 2.31. The fourth-order valence-corrected chi connectivity index (χ4v) is 4.29. The summed E-state index contributed by atoms with van der Waals surface area (Å²) in [6, 6.07) is 47.4. The largest absolute Gasteiger partial charge is 0.311 e. The molecule has 170 valence electrons. The van der Waals surface area contributed by atoms with E-state index in [-0.39, 0.29) is 0 Å². The number of rotatable bonds is 6. The van der Waals surface area contributed by atoms with E-state index in [0.29, 0.717) is 0 Å². The van der Waals surface area contributed by atoms with E-state index in [1.807, 2.05) is 0 Å². The lowest BCUT2D eigenvalue weighted by Crippen LogP contribution is -2.10. The van der Waals surface area contributed by atoms with Crippen LogP contribution in [0.4, 0.5) is 17.1 Å². The Hall–Kier alpha value is -4.36. The monoisotopic (exact) mass is 451 g/mol. The number of benzene rings is 5.